The normalized spacial score (nSPS) is 9.94. The molecule has 0 aliphatic heterocycles. The highest BCUT2D eigenvalue weighted by Gasteiger charge is 2.04. The zero-order valence-corrected chi connectivity index (χ0v) is 10.8. The van der Waals surface area contributed by atoms with E-state index in [0.717, 1.165) is 0 Å². The van der Waals surface area contributed by atoms with Gasteiger partial charge >= 0.3 is 0 Å². The fourth-order valence-electron chi connectivity index (χ4n) is 1.38. The summed E-state index contributed by atoms with van der Waals surface area (Å²) in [5.41, 5.74) is 0. The van der Waals surface area contributed by atoms with Crippen LogP contribution >= 0.6 is 11.6 Å². The third kappa shape index (κ3) is 3.05. The molecule has 0 N–H and O–H groups in total. The topological polar surface area (TPSA) is 40.6 Å². The summed E-state index contributed by atoms with van der Waals surface area (Å²) >= 11 is 5.75. The average Bonchev–Trinajstić information content (AvgIpc) is 2.41. The van der Waals surface area contributed by atoms with Crippen molar-refractivity contribution in [3.05, 3.63) is 41.6 Å². The van der Waals surface area contributed by atoms with Gasteiger partial charge in [0.1, 0.15) is 17.2 Å². The molecule has 0 radical (unpaired) electrons. The molecule has 0 amide bonds. The van der Waals surface area contributed by atoms with Crippen molar-refractivity contribution in [1.29, 1.82) is 0 Å². The van der Waals surface area contributed by atoms with Crippen LogP contribution in [0.15, 0.2) is 36.5 Å². The van der Waals surface area contributed by atoms with Gasteiger partial charge in [0.2, 0.25) is 5.88 Å². The Morgan fingerprint density at radius 3 is 2.06 bits per heavy atom. The molecule has 1 aromatic carbocycles. The summed E-state index contributed by atoms with van der Waals surface area (Å²) in [6.07, 6.45) is 1.52. The van der Waals surface area contributed by atoms with Crippen LogP contribution in [0.1, 0.15) is 0 Å². The summed E-state index contributed by atoms with van der Waals surface area (Å²) < 4.78 is 15.9. The number of nitrogens with zero attached hydrogens (tertiary/aromatic N) is 1. The Morgan fingerprint density at radius 1 is 0.944 bits per heavy atom. The summed E-state index contributed by atoms with van der Waals surface area (Å²) in [6, 6.07) is 8.66. The minimum Gasteiger partial charge on any atom is -0.496 e. The van der Waals surface area contributed by atoms with E-state index in [1.54, 1.807) is 44.6 Å². The van der Waals surface area contributed by atoms with E-state index in [-0.39, 0.29) is 0 Å². The van der Waals surface area contributed by atoms with E-state index in [1.807, 2.05) is 0 Å². The van der Waals surface area contributed by atoms with E-state index >= 15 is 0 Å². The number of hydrogen-bond acceptors (Lipinski definition) is 4. The average molecular weight is 266 g/mol. The molecular formula is C13H12ClNO3. The van der Waals surface area contributed by atoms with Gasteiger partial charge in [0.15, 0.2) is 0 Å². The first-order valence-corrected chi connectivity index (χ1v) is 5.61. The Hall–Kier alpha value is -1.94. The highest BCUT2D eigenvalue weighted by molar-refractivity contribution is 6.30. The van der Waals surface area contributed by atoms with Gasteiger partial charge in [-0.15, -0.1) is 0 Å². The van der Waals surface area contributed by atoms with Crippen molar-refractivity contribution in [2.24, 2.45) is 0 Å². The number of methoxy groups -OCH3 is 2. The second-order valence-corrected chi connectivity index (χ2v) is 3.90. The number of aromatic nitrogens is 1. The van der Waals surface area contributed by atoms with Crippen molar-refractivity contribution in [3.8, 4) is 23.1 Å². The summed E-state index contributed by atoms with van der Waals surface area (Å²) in [4.78, 5) is 4.05. The lowest BCUT2D eigenvalue weighted by molar-refractivity contribution is 0.385. The Bertz CT molecular complexity index is 506. The Kier molecular flexibility index (Phi) is 3.89. The molecule has 0 aliphatic rings. The molecule has 18 heavy (non-hydrogen) atoms. The molecule has 1 aromatic heterocycles. The number of halogens is 1. The Balaban J connectivity index is 2.25. The predicted molar refractivity (Wildman–Crippen MR) is 68.9 cm³/mol. The molecule has 94 valence electrons. The molecule has 0 saturated heterocycles. The van der Waals surface area contributed by atoms with Crippen LogP contribution in [0.4, 0.5) is 0 Å². The van der Waals surface area contributed by atoms with Crippen molar-refractivity contribution in [2.75, 3.05) is 14.2 Å². The van der Waals surface area contributed by atoms with Crippen molar-refractivity contribution in [1.82, 2.24) is 4.98 Å². The van der Waals surface area contributed by atoms with Crippen molar-refractivity contribution in [2.45, 2.75) is 0 Å². The lowest BCUT2D eigenvalue weighted by Gasteiger charge is -2.09. The Labute approximate surface area is 110 Å². The van der Waals surface area contributed by atoms with Crippen LogP contribution in [0.2, 0.25) is 5.02 Å². The number of ether oxygens (including phenoxy) is 3. The quantitative estimate of drug-likeness (QED) is 0.848. The van der Waals surface area contributed by atoms with Gasteiger partial charge in [-0.25, -0.2) is 4.98 Å². The van der Waals surface area contributed by atoms with E-state index in [1.165, 1.54) is 6.20 Å². The SMILES string of the molecule is COc1cc(OC)cc(Oc2ccc(Cl)cn2)c1. The van der Waals surface area contributed by atoms with Crippen LogP contribution in [0.5, 0.6) is 23.1 Å². The molecule has 0 bridgehead atoms. The maximum Gasteiger partial charge on any atom is 0.219 e. The first-order chi connectivity index (χ1) is 8.71. The summed E-state index contributed by atoms with van der Waals surface area (Å²) in [7, 11) is 3.16. The van der Waals surface area contributed by atoms with Crippen LogP contribution in [0.3, 0.4) is 0 Å². The van der Waals surface area contributed by atoms with Crippen LogP contribution in [-0.2, 0) is 0 Å². The summed E-state index contributed by atoms with van der Waals surface area (Å²) in [5, 5.41) is 0.561. The molecule has 1 heterocycles. The van der Waals surface area contributed by atoms with E-state index in [2.05, 4.69) is 4.98 Å². The molecule has 0 unspecified atom stereocenters. The molecule has 4 nitrogen and oxygen atoms in total. The number of benzene rings is 1. The van der Waals surface area contributed by atoms with Gasteiger partial charge in [0.25, 0.3) is 0 Å². The van der Waals surface area contributed by atoms with Gasteiger partial charge in [-0.1, -0.05) is 11.6 Å². The molecule has 5 heteroatoms. The molecular weight excluding hydrogens is 254 g/mol. The number of hydrogen-bond donors (Lipinski definition) is 0. The minimum atomic E-state index is 0.453. The lowest BCUT2D eigenvalue weighted by Crippen LogP contribution is -1.91. The fourth-order valence-corrected chi connectivity index (χ4v) is 1.50. The predicted octanol–water partition coefficient (Wildman–Crippen LogP) is 3.54. The van der Waals surface area contributed by atoms with Crippen LogP contribution < -0.4 is 14.2 Å². The monoisotopic (exact) mass is 265 g/mol. The van der Waals surface area contributed by atoms with Crippen molar-refractivity contribution < 1.29 is 14.2 Å². The minimum absolute atomic E-state index is 0.453. The van der Waals surface area contributed by atoms with Gasteiger partial charge < -0.3 is 14.2 Å². The second kappa shape index (κ2) is 5.60. The van der Waals surface area contributed by atoms with Gasteiger partial charge in [-0.3, -0.25) is 0 Å². The third-order valence-electron chi connectivity index (χ3n) is 2.25. The highest BCUT2D eigenvalue weighted by Crippen LogP contribution is 2.30. The van der Waals surface area contributed by atoms with Crippen LogP contribution in [0.25, 0.3) is 0 Å². The molecule has 2 aromatic rings. The van der Waals surface area contributed by atoms with Crippen molar-refractivity contribution in [3.63, 3.8) is 0 Å². The van der Waals surface area contributed by atoms with Gasteiger partial charge in [-0.05, 0) is 6.07 Å². The molecule has 0 saturated carbocycles. The van der Waals surface area contributed by atoms with Gasteiger partial charge in [-0.2, -0.15) is 0 Å². The molecule has 0 spiro atoms. The molecule has 2 rings (SSSR count). The standard InChI is InChI=1S/C13H12ClNO3/c1-16-10-5-11(17-2)7-12(6-10)18-13-4-3-9(14)8-15-13/h3-8H,1-2H3. The number of pyridine rings is 1. The number of rotatable bonds is 4. The Morgan fingerprint density at radius 2 is 1.56 bits per heavy atom. The molecule has 0 atom stereocenters. The third-order valence-corrected chi connectivity index (χ3v) is 2.47. The second-order valence-electron chi connectivity index (χ2n) is 3.47. The summed E-state index contributed by atoms with van der Waals surface area (Å²) in [6.45, 7) is 0. The van der Waals surface area contributed by atoms with E-state index in [9.17, 15) is 0 Å². The first kappa shape index (κ1) is 12.5. The zero-order chi connectivity index (χ0) is 13.0. The zero-order valence-electron chi connectivity index (χ0n) is 10.0. The molecule has 0 fully saturated rings. The van der Waals surface area contributed by atoms with E-state index < -0.39 is 0 Å². The maximum atomic E-state index is 5.75. The van der Waals surface area contributed by atoms with Gasteiger partial charge in [0.05, 0.1) is 19.2 Å². The van der Waals surface area contributed by atoms with Crippen LogP contribution in [0, 0.1) is 0 Å². The highest BCUT2D eigenvalue weighted by atomic mass is 35.5. The van der Waals surface area contributed by atoms with E-state index in [0.29, 0.717) is 28.2 Å². The maximum absolute atomic E-state index is 5.75. The summed E-state index contributed by atoms with van der Waals surface area (Å²) in [5.74, 6) is 2.34. The smallest absolute Gasteiger partial charge is 0.219 e. The largest absolute Gasteiger partial charge is 0.496 e. The lowest BCUT2D eigenvalue weighted by atomic mass is 10.3. The van der Waals surface area contributed by atoms with E-state index in [4.69, 9.17) is 25.8 Å². The molecule has 0 aliphatic carbocycles. The fraction of sp³-hybridized carbons (Fsp3) is 0.154. The van der Waals surface area contributed by atoms with Crippen molar-refractivity contribution >= 4 is 11.6 Å². The van der Waals surface area contributed by atoms with Crippen LogP contribution in [-0.4, -0.2) is 19.2 Å². The first-order valence-electron chi connectivity index (χ1n) is 5.24. The van der Waals surface area contributed by atoms with Gasteiger partial charge in [0, 0.05) is 30.5 Å².